The molecule has 0 aromatic carbocycles. The van der Waals surface area contributed by atoms with Crippen molar-refractivity contribution in [2.24, 2.45) is 5.92 Å². The van der Waals surface area contributed by atoms with Gasteiger partial charge in [-0.2, -0.15) is 13.2 Å². The molecule has 0 aromatic rings. The maximum Gasteiger partial charge on any atom is 0.391 e. The molecule has 7 heteroatoms. The van der Waals surface area contributed by atoms with Crippen LogP contribution in [0.2, 0.25) is 0 Å². The van der Waals surface area contributed by atoms with Crippen LogP contribution < -0.4 is 4.72 Å². The van der Waals surface area contributed by atoms with Crippen molar-refractivity contribution in [2.45, 2.75) is 44.8 Å². The van der Waals surface area contributed by atoms with Crippen molar-refractivity contribution in [3.63, 3.8) is 0 Å². The quantitative estimate of drug-likeness (QED) is 0.843. The van der Waals surface area contributed by atoms with Crippen LogP contribution in [0.15, 0.2) is 0 Å². The van der Waals surface area contributed by atoms with Crippen LogP contribution in [0.1, 0.15) is 32.6 Å². The van der Waals surface area contributed by atoms with Gasteiger partial charge in [-0.25, -0.2) is 13.1 Å². The van der Waals surface area contributed by atoms with E-state index in [4.69, 9.17) is 0 Å². The minimum Gasteiger partial charge on any atom is -0.212 e. The van der Waals surface area contributed by atoms with Gasteiger partial charge in [-0.1, -0.05) is 6.42 Å². The third kappa shape index (κ3) is 3.93. The Labute approximate surface area is 93.5 Å². The van der Waals surface area contributed by atoms with Crippen LogP contribution in [0.3, 0.4) is 0 Å². The van der Waals surface area contributed by atoms with E-state index in [1.165, 1.54) is 6.92 Å². The summed E-state index contributed by atoms with van der Waals surface area (Å²) in [6.45, 7) is 1.46. The van der Waals surface area contributed by atoms with Gasteiger partial charge < -0.3 is 0 Å². The summed E-state index contributed by atoms with van der Waals surface area (Å²) >= 11 is 0. The van der Waals surface area contributed by atoms with Gasteiger partial charge in [-0.3, -0.25) is 0 Å². The Morgan fingerprint density at radius 3 is 2.44 bits per heavy atom. The second-order valence-corrected chi connectivity index (χ2v) is 6.17. The van der Waals surface area contributed by atoms with Gasteiger partial charge in [-0.05, 0) is 26.2 Å². The van der Waals surface area contributed by atoms with Crippen molar-refractivity contribution in [1.82, 2.24) is 4.72 Å². The van der Waals surface area contributed by atoms with Crippen molar-refractivity contribution in [1.29, 1.82) is 0 Å². The Morgan fingerprint density at radius 1 is 1.31 bits per heavy atom. The predicted molar refractivity (Wildman–Crippen MR) is 54.4 cm³/mol. The molecule has 0 aromatic heterocycles. The van der Waals surface area contributed by atoms with Crippen molar-refractivity contribution < 1.29 is 21.6 Å². The second kappa shape index (κ2) is 4.91. The van der Waals surface area contributed by atoms with Crippen molar-refractivity contribution >= 4 is 10.0 Å². The smallest absolute Gasteiger partial charge is 0.212 e. The average molecular weight is 259 g/mol. The summed E-state index contributed by atoms with van der Waals surface area (Å²) in [6.07, 6.45) is -3.33. The molecular formula is C9H16F3NO2S. The molecule has 1 N–H and O–H groups in total. The molecule has 0 radical (unpaired) electrons. The van der Waals surface area contributed by atoms with Gasteiger partial charge >= 0.3 is 6.18 Å². The van der Waals surface area contributed by atoms with E-state index in [9.17, 15) is 21.6 Å². The fourth-order valence-corrected chi connectivity index (χ4v) is 2.82. The van der Waals surface area contributed by atoms with Crippen LogP contribution in [0, 0.1) is 5.92 Å². The summed E-state index contributed by atoms with van der Waals surface area (Å²) in [5.74, 6) is -1.47. The molecule has 0 aliphatic heterocycles. The van der Waals surface area contributed by atoms with Crippen LogP contribution >= 0.6 is 0 Å². The van der Waals surface area contributed by atoms with Gasteiger partial charge in [0.25, 0.3) is 0 Å². The van der Waals surface area contributed by atoms with E-state index in [-0.39, 0.29) is 18.6 Å². The largest absolute Gasteiger partial charge is 0.391 e. The van der Waals surface area contributed by atoms with Crippen molar-refractivity contribution in [2.75, 3.05) is 5.75 Å². The zero-order valence-corrected chi connectivity index (χ0v) is 9.87. The molecule has 3 nitrogen and oxygen atoms in total. The first kappa shape index (κ1) is 13.8. The van der Waals surface area contributed by atoms with Crippen LogP contribution in [0.5, 0.6) is 0 Å². The molecule has 0 saturated heterocycles. The summed E-state index contributed by atoms with van der Waals surface area (Å²) in [5.41, 5.74) is 0. The van der Waals surface area contributed by atoms with E-state index in [2.05, 4.69) is 4.72 Å². The Bertz CT molecular complexity index is 326. The van der Waals surface area contributed by atoms with Crippen LogP contribution in [-0.2, 0) is 10.0 Å². The molecule has 16 heavy (non-hydrogen) atoms. The molecule has 2 unspecified atom stereocenters. The number of sulfonamides is 1. The standard InChI is InChI=1S/C9H16F3NO2S/c1-2-16(14,15)13-8-5-3-4-7(6-8)9(10,11)12/h7-8,13H,2-6H2,1H3. The highest BCUT2D eigenvalue weighted by Crippen LogP contribution is 2.37. The highest BCUT2D eigenvalue weighted by atomic mass is 32.2. The lowest BCUT2D eigenvalue weighted by Gasteiger charge is -2.30. The monoisotopic (exact) mass is 259 g/mol. The Balaban J connectivity index is 2.58. The number of hydrogen-bond donors (Lipinski definition) is 1. The molecule has 1 fully saturated rings. The minimum absolute atomic E-state index is 0.0970. The first-order valence-electron chi connectivity index (χ1n) is 5.31. The molecule has 1 saturated carbocycles. The first-order valence-corrected chi connectivity index (χ1v) is 6.96. The SMILES string of the molecule is CCS(=O)(=O)NC1CCCC(C(F)(F)F)C1. The third-order valence-corrected chi connectivity index (χ3v) is 4.32. The van der Waals surface area contributed by atoms with Gasteiger partial charge in [0, 0.05) is 6.04 Å². The zero-order chi connectivity index (χ0) is 12.4. The molecule has 1 rings (SSSR count). The number of hydrogen-bond acceptors (Lipinski definition) is 2. The number of alkyl halides is 3. The van der Waals surface area contributed by atoms with Crippen LogP contribution in [-0.4, -0.2) is 26.4 Å². The van der Waals surface area contributed by atoms with Gasteiger partial charge in [0.15, 0.2) is 0 Å². The lowest BCUT2D eigenvalue weighted by atomic mass is 9.86. The predicted octanol–water partition coefficient (Wildman–Crippen LogP) is 2.05. The topological polar surface area (TPSA) is 46.2 Å². The minimum atomic E-state index is -4.21. The summed E-state index contributed by atoms with van der Waals surface area (Å²) in [6, 6.07) is -0.565. The molecule has 0 bridgehead atoms. The Hall–Kier alpha value is -0.300. The lowest BCUT2D eigenvalue weighted by Crippen LogP contribution is -2.42. The van der Waals surface area contributed by atoms with Gasteiger partial charge in [-0.15, -0.1) is 0 Å². The summed E-state index contributed by atoms with van der Waals surface area (Å²) in [4.78, 5) is 0. The lowest BCUT2D eigenvalue weighted by molar-refractivity contribution is -0.183. The van der Waals surface area contributed by atoms with E-state index in [1.807, 2.05) is 0 Å². The molecule has 0 spiro atoms. The molecule has 2 atom stereocenters. The fraction of sp³-hybridized carbons (Fsp3) is 1.00. The Kier molecular flexibility index (Phi) is 4.23. The van der Waals surface area contributed by atoms with Crippen molar-refractivity contribution in [3.05, 3.63) is 0 Å². The highest BCUT2D eigenvalue weighted by Gasteiger charge is 2.42. The summed E-state index contributed by atoms with van der Waals surface area (Å²) in [7, 11) is -3.41. The third-order valence-electron chi connectivity index (χ3n) is 2.86. The molecular weight excluding hydrogens is 243 g/mol. The number of nitrogens with one attached hydrogen (secondary N) is 1. The van der Waals surface area contributed by atoms with Crippen LogP contribution in [0.4, 0.5) is 13.2 Å². The van der Waals surface area contributed by atoms with Crippen molar-refractivity contribution in [3.8, 4) is 0 Å². The van der Waals surface area contributed by atoms with E-state index in [1.54, 1.807) is 0 Å². The maximum atomic E-state index is 12.5. The van der Waals surface area contributed by atoms with E-state index in [0.717, 1.165) is 0 Å². The molecule has 0 amide bonds. The molecule has 1 aliphatic rings. The fourth-order valence-electron chi connectivity index (χ4n) is 1.93. The van der Waals surface area contributed by atoms with Gasteiger partial charge in [0.1, 0.15) is 0 Å². The number of rotatable bonds is 3. The molecule has 96 valence electrons. The van der Waals surface area contributed by atoms with E-state index in [0.29, 0.717) is 12.8 Å². The zero-order valence-electron chi connectivity index (χ0n) is 9.05. The Morgan fingerprint density at radius 2 is 1.94 bits per heavy atom. The maximum absolute atomic E-state index is 12.5. The summed E-state index contributed by atoms with van der Waals surface area (Å²) < 4.78 is 62.1. The van der Waals surface area contributed by atoms with Gasteiger partial charge in [0.05, 0.1) is 11.7 Å². The van der Waals surface area contributed by atoms with E-state index >= 15 is 0 Å². The second-order valence-electron chi connectivity index (χ2n) is 4.12. The number of halogens is 3. The van der Waals surface area contributed by atoms with Gasteiger partial charge in [0.2, 0.25) is 10.0 Å². The van der Waals surface area contributed by atoms with Crippen LogP contribution in [0.25, 0.3) is 0 Å². The summed E-state index contributed by atoms with van der Waals surface area (Å²) in [5, 5.41) is 0. The first-order chi connectivity index (χ1) is 7.24. The molecule has 0 heterocycles. The average Bonchev–Trinajstić information content (AvgIpc) is 2.16. The normalized spacial score (nSPS) is 28.0. The highest BCUT2D eigenvalue weighted by molar-refractivity contribution is 7.89. The molecule has 1 aliphatic carbocycles. The van der Waals surface area contributed by atoms with E-state index < -0.39 is 28.2 Å².